The molecule has 158 valence electrons. The average Bonchev–Trinajstić information content (AvgIpc) is 3.43. The molecule has 2 aliphatic rings. The molecule has 2 aliphatic heterocycles. The van der Waals surface area contributed by atoms with E-state index in [9.17, 15) is 4.79 Å². The zero-order chi connectivity index (χ0) is 20.5. The highest BCUT2D eigenvalue weighted by Crippen LogP contribution is 2.22. The van der Waals surface area contributed by atoms with Gasteiger partial charge in [-0.1, -0.05) is 18.2 Å². The van der Waals surface area contributed by atoms with Crippen molar-refractivity contribution in [3.05, 3.63) is 51.6 Å². The third kappa shape index (κ3) is 3.65. The van der Waals surface area contributed by atoms with Crippen LogP contribution in [0.5, 0.6) is 0 Å². The van der Waals surface area contributed by atoms with Gasteiger partial charge >= 0.3 is 0 Å². The van der Waals surface area contributed by atoms with Crippen molar-refractivity contribution in [3.8, 4) is 0 Å². The number of tetrazole rings is 1. The lowest BCUT2D eigenvalue weighted by Gasteiger charge is -2.30. The molecule has 0 amide bonds. The summed E-state index contributed by atoms with van der Waals surface area (Å²) >= 11 is 0. The lowest BCUT2D eigenvalue weighted by Crippen LogP contribution is -3.13. The summed E-state index contributed by atoms with van der Waals surface area (Å²) in [5.41, 5.74) is 2.67. The van der Waals surface area contributed by atoms with Gasteiger partial charge in [0.25, 0.3) is 5.56 Å². The molecule has 0 bridgehead atoms. The Morgan fingerprint density at radius 1 is 1.27 bits per heavy atom. The van der Waals surface area contributed by atoms with Crippen LogP contribution in [0.1, 0.15) is 55.1 Å². The maximum absolute atomic E-state index is 13.2. The Balaban J connectivity index is 1.60. The highest BCUT2D eigenvalue weighted by Gasteiger charge is 2.35. The summed E-state index contributed by atoms with van der Waals surface area (Å²) in [6, 6.07) is 7.96. The van der Waals surface area contributed by atoms with Crippen LogP contribution in [0.4, 0.5) is 0 Å². The van der Waals surface area contributed by atoms with Gasteiger partial charge in [0.2, 0.25) is 5.82 Å². The second kappa shape index (κ2) is 8.28. The fourth-order valence-electron chi connectivity index (χ4n) is 4.98. The van der Waals surface area contributed by atoms with E-state index in [0.717, 1.165) is 73.2 Å². The first-order valence-corrected chi connectivity index (χ1v) is 11.1. The van der Waals surface area contributed by atoms with E-state index >= 15 is 0 Å². The summed E-state index contributed by atoms with van der Waals surface area (Å²) in [6.45, 7) is 5.49. The summed E-state index contributed by atoms with van der Waals surface area (Å²) in [5, 5.41) is 13.7. The zero-order valence-corrected chi connectivity index (χ0v) is 17.4. The number of nitrogens with zero attached hydrogens (tertiary/aromatic N) is 4. The van der Waals surface area contributed by atoms with Gasteiger partial charge in [-0.3, -0.25) is 4.79 Å². The average molecular weight is 410 g/mol. The molecule has 5 rings (SSSR count). The number of fused-ring (bicyclic) bond motifs is 1. The number of aryl methyl sites for hydroxylation is 1. The molecule has 2 saturated heterocycles. The number of hydrogen-bond donors (Lipinski definition) is 2. The number of aromatic amines is 1. The number of hydrogen-bond acceptors (Lipinski definition) is 5. The minimum absolute atomic E-state index is 0.0495. The predicted molar refractivity (Wildman–Crippen MR) is 112 cm³/mol. The number of aromatic nitrogens is 5. The molecule has 2 fully saturated rings. The summed E-state index contributed by atoms with van der Waals surface area (Å²) in [7, 11) is 0. The van der Waals surface area contributed by atoms with Crippen LogP contribution in [-0.4, -0.2) is 51.0 Å². The summed E-state index contributed by atoms with van der Waals surface area (Å²) < 4.78 is 7.68. The summed E-state index contributed by atoms with van der Waals surface area (Å²) in [6.07, 6.45) is 5.79. The number of quaternary nitrogens is 1. The van der Waals surface area contributed by atoms with Gasteiger partial charge in [-0.25, -0.2) is 4.68 Å². The summed E-state index contributed by atoms with van der Waals surface area (Å²) in [4.78, 5) is 17.7. The Labute approximate surface area is 175 Å². The Morgan fingerprint density at radius 3 is 2.93 bits per heavy atom. The van der Waals surface area contributed by atoms with E-state index in [1.165, 1.54) is 11.3 Å². The third-order valence-corrected chi connectivity index (χ3v) is 6.55. The van der Waals surface area contributed by atoms with Gasteiger partial charge in [0.05, 0.1) is 36.8 Å². The van der Waals surface area contributed by atoms with Crippen molar-refractivity contribution in [2.75, 3.05) is 19.7 Å². The smallest absolute Gasteiger partial charge is 0.258 e. The number of H-pyrrole nitrogens is 1. The van der Waals surface area contributed by atoms with Crippen LogP contribution in [-0.2, 0) is 11.3 Å². The second-order valence-electron chi connectivity index (χ2n) is 8.60. The van der Waals surface area contributed by atoms with Crippen LogP contribution < -0.4 is 10.5 Å². The van der Waals surface area contributed by atoms with Crippen LogP contribution in [0.25, 0.3) is 10.9 Å². The predicted octanol–water partition coefficient (Wildman–Crippen LogP) is 1.16. The van der Waals surface area contributed by atoms with Crippen molar-refractivity contribution in [2.24, 2.45) is 0 Å². The van der Waals surface area contributed by atoms with Crippen molar-refractivity contribution in [1.82, 2.24) is 25.2 Å². The van der Waals surface area contributed by atoms with Gasteiger partial charge in [0.1, 0.15) is 0 Å². The Morgan fingerprint density at radius 2 is 2.13 bits per heavy atom. The quantitative estimate of drug-likeness (QED) is 0.660. The maximum Gasteiger partial charge on any atom is 0.258 e. The van der Waals surface area contributed by atoms with Gasteiger partial charge < -0.3 is 14.6 Å². The van der Waals surface area contributed by atoms with E-state index in [0.29, 0.717) is 6.54 Å². The molecule has 3 aromatic rings. The minimum atomic E-state index is -0.185. The molecule has 0 spiro atoms. The molecule has 4 heterocycles. The molecule has 2 aromatic heterocycles. The first kappa shape index (κ1) is 19.4. The van der Waals surface area contributed by atoms with Crippen molar-refractivity contribution in [1.29, 1.82) is 0 Å². The SMILES string of the molecule is Cc1cccc2cc([C@@H](c3nnnn3C[C@@H]3CCCO3)[NH+]3CCCCC3)c(=O)[nH]c12. The first-order chi connectivity index (χ1) is 14.7. The molecule has 2 atom stereocenters. The number of piperidine rings is 1. The normalized spacial score (nSPS) is 21.3. The number of ether oxygens (including phenoxy) is 1. The van der Waals surface area contributed by atoms with Gasteiger partial charge in [0.15, 0.2) is 6.04 Å². The highest BCUT2D eigenvalue weighted by molar-refractivity contribution is 5.82. The van der Waals surface area contributed by atoms with Crippen LogP contribution in [0.3, 0.4) is 0 Å². The standard InChI is InChI=1S/C22H28N6O2/c1-15-7-5-8-16-13-18(22(29)23-19(15)16)20(27-10-3-2-4-11-27)21-24-25-26-28(21)14-17-9-6-12-30-17/h5,7-8,13,17,20H,2-4,6,9-12,14H2,1H3,(H,23,29)/p+1/t17-,20-/m0/s1. The molecule has 0 saturated carbocycles. The molecule has 0 aliphatic carbocycles. The van der Waals surface area contributed by atoms with Crippen molar-refractivity contribution >= 4 is 10.9 Å². The van der Waals surface area contributed by atoms with Gasteiger partial charge in [-0.2, -0.15) is 0 Å². The molecule has 30 heavy (non-hydrogen) atoms. The Hall–Kier alpha value is -2.58. The molecule has 8 heteroatoms. The maximum atomic E-state index is 13.2. The number of pyridine rings is 1. The van der Waals surface area contributed by atoms with Crippen LogP contribution in [0, 0.1) is 6.92 Å². The van der Waals surface area contributed by atoms with E-state index in [2.05, 4.69) is 26.6 Å². The number of nitrogens with one attached hydrogen (secondary N) is 2. The summed E-state index contributed by atoms with van der Waals surface area (Å²) in [5.74, 6) is 0.764. The van der Waals surface area contributed by atoms with Gasteiger partial charge in [-0.15, -0.1) is 5.10 Å². The molecule has 0 unspecified atom stereocenters. The number of benzene rings is 1. The topological polar surface area (TPSA) is 90.1 Å². The zero-order valence-electron chi connectivity index (χ0n) is 17.4. The third-order valence-electron chi connectivity index (χ3n) is 6.55. The van der Waals surface area contributed by atoms with Crippen molar-refractivity contribution < 1.29 is 9.64 Å². The lowest BCUT2D eigenvalue weighted by molar-refractivity contribution is -0.931. The highest BCUT2D eigenvalue weighted by atomic mass is 16.5. The Bertz CT molecular complexity index is 1080. The largest absolute Gasteiger partial charge is 0.376 e. The molecule has 8 nitrogen and oxygen atoms in total. The van der Waals surface area contributed by atoms with Crippen LogP contribution in [0.2, 0.25) is 0 Å². The molecular weight excluding hydrogens is 380 g/mol. The van der Waals surface area contributed by atoms with E-state index in [1.807, 2.05) is 29.8 Å². The van der Waals surface area contributed by atoms with E-state index in [4.69, 9.17) is 4.74 Å². The fraction of sp³-hybridized carbons (Fsp3) is 0.545. The monoisotopic (exact) mass is 409 g/mol. The van der Waals surface area contributed by atoms with Crippen LogP contribution >= 0.6 is 0 Å². The van der Waals surface area contributed by atoms with Gasteiger partial charge in [-0.05, 0) is 66.5 Å². The molecule has 0 radical (unpaired) electrons. The molecule has 1 aromatic carbocycles. The molecule has 2 N–H and O–H groups in total. The number of likely N-dealkylation sites (tertiary alicyclic amines) is 1. The second-order valence-corrected chi connectivity index (χ2v) is 8.60. The van der Waals surface area contributed by atoms with E-state index < -0.39 is 0 Å². The lowest BCUT2D eigenvalue weighted by atomic mass is 9.99. The number of para-hydroxylation sites is 1. The minimum Gasteiger partial charge on any atom is -0.376 e. The first-order valence-electron chi connectivity index (χ1n) is 11.1. The molecular formula is C22H29N6O2+. The van der Waals surface area contributed by atoms with E-state index in [1.54, 1.807) is 0 Å². The van der Waals surface area contributed by atoms with Crippen LogP contribution in [0.15, 0.2) is 29.1 Å². The van der Waals surface area contributed by atoms with Crippen molar-refractivity contribution in [2.45, 2.75) is 57.7 Å². The Kier molecular flexibility index (Phi) is 5.35. The van der Waals surface area contributed by atoms with Gasteiger partial charge in [0, 0.05) is 6.61 Å². The van der Waals surface area contributed by atoms with Crippen molar-refractivity contribution in [3.63, 3.8) is 0 Å². The number of rotatable bonds is 5. The van der Waals surface area contributed by atoms with E-state index in [-0.39, 0.29) is 17.7 Å². The fourth-order valence-corrected chi connectivity index (χ4v) is 4.98.